The summed E-state index contributed by atoms with van der Waals surface area (Å²) in [6.07, 6.45) is 8.76. The Morgan fingerprint density at radius 3 is 3.50 bits per heavy atom. The zero-order chi connectivity index (χ0) is 6.81. The van der Waals surface area contributed by atoms with Crippen molar-refractivity contribution in [3.05, 3.63) is 35.7 Å². The first-order valence-corrected chi connectivity index (χ1v) is 2.99. The number of hydrogen-bond acceptors (Lipinski definition) is 2. The van der Waals surface area contributed by atoms with Crippen molar-refractivity contribution >= 4 is 12.2 Å². The Morgan fingerprint density at radius 1 is 1.50 bits per heavy atom. The van der Waals surface area contributed by atoms with Crippen molar-refractivity contribution in [2.45, 2.75) is 0 Å². The Labute approximate surface area is 58.2 Å². The van der Waals surface area contributed by atoms with Crippen LogP contribution in [0.25, 0.3) is 12.2 Å². The van der Waals surface area contributed by atoms with Gasteiger partial charge >= 0.3 is 0 Å². The highest BCUT2D eigenvalue weighted by molar-refractivity contribution is 5.60. The van der Waals surface area contributed by atoms with Crippen molar-refractivity contribution in [3.63, 3.8) is 0 Å². The largest absolute Gasteiger partial charge is 0.443 e. The Balaban J connectivity index is 2.68. The Bertz CT molecular complexity index is 327. The van der Waals surface area contributed by atoms with Gasteiger partial charge in [0.15, 0.2) is 12.2 Å². The van der Waals surface area contributed by atoms with Gasteiger partial charge in [0.05, 0.1) is 0 Å². The van der Waals surface area contributed by atoms with Gasteiger partial charge in [-0.1, -0.05) is 6.08 Å². The molecule has 2 rings (SSSR count). The van der Waals surface area contributed by atoms with Crippen molar-refractivity contribution in [2.75, 3.05) is 0 Å². The van der Waals surface area contributed by atoms with E-state index in [2.05, 4.69) is 10.7 Å². The second-order valence-corrected chi connectivity index (χ2v) is 1.94. The van der Waals surface area contributed by atoms with Crippen molar-refractivity contribution in [2.24, 2.45) is 0 Å². The van der Waals surface area contributed by atoms with Crippen LogP contribution in [0.3, 0.4) is 0 Å². The molecule has 0 aromatic carbocycles. The molecule has 0 amide bonds. The van der Waals surface area contributed by atoms with Crippen LogP contribution in [0.15, 0.2) is 28.7 Å². The summed E-state index contributed by atoms with van der Waals surface area (Å²) < 4.78 is 5.05. The molecule has 0 aliphatic heterocycles. The van der Waals surface area contributed by atoms with E-state index in [-0.39, 0.29) is 0 Å². The summed E-state index contributed by atoms with van der Waals surface area (Å²) >= 11 is 0. The fraction of sp³-hybridized carbons (Fsp3) is 0. The zero-order valence-corrected chi connectivity index (χ0v) is 5.24. The molecule has 0 N–H and O–H groups in total. The first-order valence-electron chi connectivity index (χ1n) is 2.99. The molecule has 2 nitrogen and oxygen atoms in total. The van der Waals surface area contributed by atoms with Crippen molar-refractivity contribution in [3.8, 4) is 0 Å². The van der Waals surface area contributed by atoms with Gasteiger partial charge in [-0.25, -0.2) is 4.98 Å². The summed E-state index contributed by atoms with van der Waals surface area (Å²) in [5.74, 6) is 0.793. The molecule has 1 aromatic heterocycles. The predicted molar refractivity (Wildman–Crippen MR) is 38.1 cm³/mol. The molecule has 0 atom stereocenters. The van der Waals surface area contributed by atoms with Crippen LogP contribution in [0, 0.1) is 0 Å². The smallest absolute Gasteiger partial charge is 0.182 e. The fourth-order valence-corrected chi connectivity index (χ4v) is 0.815. The lowest BCUT2D eigenvalue weighted by molar-refractivity contribution is 0.548. The maximum atomic E-state index is 5.05. The van der Waals surface area contributed by atoms with Gasteiger partial charge in [0.1, 0.15) is 5.69 Å². The van der Waals surface area contributed by atoms with Crippen molar-refractivity contribution in [1.29, 1.82) is 0 Å². The Morgan fingerprint density at radius 2 is 2.50 bits per heavy atom. The molecule has 0 bridgehead atoms. The van der Waals surface area contributed by atoms with E-state index >= 15 is 0 Å². The number of rotatable bonds is 0. The molecule has 0 unspecified atom stereocenters. The molecule has 1 aliphatic rings. The average molecular weight is 131 g/mol. The van der Waals surface area contributed by atoms with Crippen LogP contribution in [0.4, 0.5) is 0 Å². The van der Waals surface area contributed by atoms with Gasteiger partial charge in [0.2, 0.25) is 0 Å². The van der Waals surface area contributed by atoms with E-state index in [9.17, 15) is 0 Å². The van der Waals surface area contributed by atoms with Crippen LogP contribution >= 0.6 is 0 Å². The average Bonchev–Trinajstić information content (AvgIpc) is 2.28. The minimum Gasteiger partial charge on any atom is -0.443 e. The molecular formula is C8H5NO. The number of aromatic nitrogens is 1. The lowest BCUT2D eigenvalue weighted by atomic mass is 10.3. The van der Waals surface area contributed by atoms with E-state index in [0.717, 1.165) is 11.5 Å². The predicted octanol–water partition coefficient (Wildman–Crippen LogP) is 1.87. The fourth-order valence-electron chi connectivity index (χ4n) is 0.815. The van der Waals surface area contributed by atoms with Crippen molar-refractivity contribution in [1.82, 2.24) is 4.98 Å². The minimum absolute atomic E-state index is 0.793. The van der Waals surface area contributed by atoms with Crippen LogP contribution in [-0.2, 0) is 0 Å². The minimum atomic E-state index is 0.793. The second-order valence-electron chi connectivity index (χ2n) is 1.94. The Hall–Kier alpha value is -1.53. The standard InChI is InChI=1S/C8H5NO/c1-2-4-7-8(5-3-1)10-6-9-7/h1,3-6H. The third-order valence-electron chi connectivity index (χ3n) is 1.28. The number of fused-ring (bicyclic) bond motifs is 1. The van der Waals surface area contributed by atoms with Gasteiger partial charge in [0.25, 0.3) is 0 Å². The molecule has 1 aromatic rings. The van der Waals surface area contributed by atoms with Crippen LogP contribution in [-0.4, -0.2) is 4.98 Å². The molecule has 48 valence electrons. The summed E-state index contributed by atoms with van der Waals surface area (Å²) in [5, 5.41) is 0. The monoisotopic (exact) mass is 131 g/mol. The molecule has 0 radical (unpaired) electrons. The summed E-state index contributed by atoms with van der Waals surface area (Å²) in [4.78, 5) is 3.96. The van der Waals surface area contributed by atoms with Gasteiger partial charge < -0.3 is 4.42 Å². The molecule has 1 heterocycles. The molecule has 10 heavy (non-hydrogen) atoms. The van der Waals surface area contributed by atoms with E-state index in [4.69, 9.17) is 4.42 Å². The third kappa shape index (κ3) is 0.714. The first kappa shape index (κ1) is 5.27. The van der Waals surface area contributed by atoms with Crippen LogP contribution in [0.5, 0.6) is 0 Å². The summed E-state index contributed by atoms with van der Waals surface area (Å²) in [7, 11) is 0. The van der Waals surface area contributed by atoms with E-state index in [1.54, 1.807) is 6.08 Å². The van der Waals surface area contributed by atoms with E-state index in [1.165, 1.54) is 6.39 Å². The normalized spacial score (nSPS) is 13.2. The second kappa shape index (κ2) is 2.01. The lowest BCUT2D eigenvalue weighted by Gasteiger charge is -1.81. The van der Waals surface area contributed by atoms with Gasteiger partial charge in [-0.15, -0.1) is 5.73 Å². The third-order valence-corrected chi connectivity index (χ3v) is 1.28. The first-order chi connectivity index (χ1) is 4.97. The zero-order valence-electron chi connectivity index (χ0n) is 5.24. The highest BCUT2D eigenvalue weighted by Crippen LogP contribution is 2.11. The molecule has 2 heteroatoms. The molecular weight excluding hydrogens is 126 g/mol. The summed E-state index contributed by atoms with van der Waals surface area (Å²) in [5.41, 5.74) is 3.77. The SMILES string of the molecule is C1=CC=Cc2ocnc2C=1. The van der Waals surface area contributed by atoms with Gasteiger partial charge in [-0.2, -0.15) is 0 Å². The van der Waals surface area contributed by atoms with E-state index in [1.807, 2.05) is 18.2 Å². The molecule has 0 saturated heterocycles. The summed E-state index contributed by atoms with van der Waals surface area (Å²) in [6, 6.07) is 0. The van der Waals surface area contributed by atoms with Gasteiger partial charge in [0, 0.05) is 6.08 Å². The van der Waals surface area contributed by atoms with E-state index in [0.29, 0.717) is 0 Å². The van der Waals surface area contributed by atoms with Gasteiger partial charge in [-0.3, -0.25) is 0 Å². The number of nitrogens with zero attached hydrogens (tertiary/aromatic N) is 1. The maximum absolute atomic E-state index is 5.05. The number of allylic oxidation sites excluding steroid dienone is 2. The maximum Gasteiger partial charge on any atom is 0.182 e. The topological polar surface area (TPSA) is 26.0 Å². The van der Waals surface area contributed by atoms with Crippen LogP contribution < -0.4 is 0 Å². The highest BCUT2D eigenvalue weighted by atomic mass is 16.3. The van der Waals surface area contributed by atoms with E-state index < -0.39 is 0 Å². The lowest BCUT2D eigenvalue weighted by Crippen LogP contribution is -1.71. The molecule has 0 spiro atoms. The molecule has 0 fully saturated rings. The number of oxazole rings is 1. The van der Waals surface area contributed by atoms with Crippen molar-refractivity contribution < 1.29 is 4.42 Å². The number of hydrogen-bond donors (Lipinski definition) is 0. The summed E-state index contributed by atoms with van der Waals surface area (Å²) in [6.45, 7) is 0. The van der Waals surface area contributed by atoms with Crippen LogP contribution in [0.2, 0.25) is 0 Å². The van der Waals surface area contributed by atoms with Gasteiger partial charge in [-0.05, 0) is 12.2 Å². The Kier molecular flexibility index (Phi) is 1.06. The molecule has 0 saturated carbocycles. The highest BCUT2D eigenvalue weighted by Gasteiger charge is 2.00. The van der Waals surface area contributed by atoms with Crippen LogP contribution in [0.1, 0.15) is 11.5 Å². The molecule has 1 aliphatic carbocycles. The quantitative estimate of drug-likeness (QED) is 0.502.